The van der Waals surface area contributed by atoms with Crippen molar-refractivity contribution >= 4 is 21.9 Å². The summed E-state index contributed by atoms with van der Waals surface area (Å²) in [5, 5.41) is 8.56. The SMILES string of the molecule is C[C@@H](Oc1cncc(Br)c1)C(=O)O. The van der Waals surface area contributed by atoms with E-state index in [1.807, 2.05) is 0 Å². The van der Waals surface area contributed by atoms with Crippen LogP contribution in [0.3, 0.4) is 0 Å². The average molecular weight is 246 g/mol. The first-order chi connectivity index (χ1) is 6.09. The van der Waals surface area contributed by atoms with Gasteiger partial charge < -0.3 is 9.84 Å². The zero-order valence-corrected chi connectivity index (χ0v) is 8.48. The van der Waals surface area contributed by atoms with Crippen LogP contribution in [-0.4, -0.2) is 22.2 Å². The van der Waals surface area contributed by atoms with Crippen LogP contribution >= 0.6 is 15.9 Å². The highest BCUT2D eigenvalue weighted by atomic mass is 79.9. The van der Waals surface area contributed by atoms with E-state index in [1.165, 1.54) is 13.1 Å². The molecule has 0 spiro atoms. The highest BCUT2D eigenvalue weighted by Gasteiger charge is 2.12. The van der Waals surface area contributed by atoms with Crippen LogP contribution < -0.4 is 4.74 Å². The van der Waals surface area contributed by atoms with Gasteiger partial charge in [0.1, 0.15) is 5.75 Å². The highest BCUT2D eigenvalue weighted by molar-refractivity contribution is 9.10. The van der Waals surface area contributed by atoms with Crippen LogP contribution in [0.5, 0.6) is 5.75 Å². The van der Waals surface area contributed by atoms with Gasteiger partial charge in [-0.1, -0.05) is 0 Å². The van der Waals surface area contributed by atoms with E-state index < -0.39 is 12.1 Å². The summed E-state index contributed by atoms with van der Waals surface area (Å²) in [7, 11) is 0. The van der Waals surface area contributed by atoms with Gasteiger partial charge in [0.25, 0.3) is 0 Å². The molecule has 0 saturated carbocycles. The summed E-state index contributed by atoms with van der Waals surface area (Å²) < 4.78 is 5.82. The van der Waals surface area contributed by atoms with Crippen LogP contribution in [0.4, 0.5) is 0 Å². The predicted octanol–water partition coefficient (Wildman–Crippen LogP) is 1.70. The van der Waals surface area contributed by atoms with Crippen molar-refractivity contribution < 1.29 is 14.6 Å². The fourth-order valence-corrected chi connectivity index (χ4v) is 1.06. The Hall–Kier alpha value is -1.10. The minimum absolute atomic E-state index is 0.435. The van der Waals surface area contributed by atoms with Crippen molar-refractivity contribution in [1.82, 2.24) is 4.98 Å². The van der Waals surface area contributed by atoms with Gasteiger partial charge in [0.15, 0.2) is 6.10 Å². The van der Waals surface area contributed by atoms with E-state index in [0.717, 1.165) is 4.47 Å². The molecule has 1 atom stereocenters. The maximum Gasteiger partial charge on any atom is 0.344 e. The number of carbonyl (C=O) groups is 1. The maximum atomic E-state index is 10.4. The molecule has 5 heteroatoms. The van der Waals surface area contributed by atoms with Gasteiger partial charge in [-0.2, -0.15) is 0 Å². The summed E-state index contributed by atoms with van der Waals surface area (Å²) in [5.74, 6) is -0.566. The lowest BCUT2D eigenvalue weighted by Crippen LogP contribution is -2.22. The van der Waals surface area contributed by atoms with E-state index in [1.54, 1.807) is 12.3 Å². The molecule has 0 bridgehead atoms. The van der Waals surface area contributed by atoms with Gasteiger partial charge >= 0.3 is 5.97 Å². The third-order valence-corrected chi connectivity index (χ3v) is 1.77. The molecule has 0 aromatic carbocycles. The summed E-state index contributed by atoms with van der Waals surface area (Å²) in [6.45, 7) is 1.46. The first-order valence-corrected chi connectivity index (χ1v) is 4.39. The number of hydrogen-bond donors (Lipinski definition) is 1. The smallest absolute Gasteiger partial charge is 0.344 e. The standard InChI is InChI=1S/C8H8BrNO3/c1-5(8(11)12)13-7-2-6(9)3-10-4-7/h2-5H,1H3,(H,11,12)/t5-/m1/s1. The molecule has 0 radical (unpaired) electrons. The molecular weight excluding hydrogens is 238 g/mol. The number of nitrogens with zero attached hydrogens (tertiary/aromatic N) is 1. The molecule has 0 amide bonds. The number of halogens is 1. The molecule has 4 nitrogen and oxygen atoms in total. The lowest BCUT2D eigenvalue weighted by Gasteiger charge is -2.09. The van der Waals surface area contributed by atoms with E-state index in [9.17, 15) is 4.79 Å². The molecule has 1 rings (SSSR count). The molecule has 1 N–H and O–H groups in total. The summed E-state index contributed by atoms with van der Waals surface area (Å²) in [4.78, 5) is 14.3. The molecular formula is C8H8BrNO3. The molecule has 70 valence electrons. The van der Waals surface area contributed by atoms with Gasteiger partial charge in [-0.25, -0.2) is 4.79 Å². The predicted molar refractivity (Wildman–Crippen MR) is 49.7 cm³/mol. The van der Waals surface area contributed by atoms with Crippen molar-refractivity contribution in [3.8, 4) is 5.75 Å². The van der Waals surface area contributed by atoms with Crippen molar-refractivity contribution in [3.05, 3.63) is 22.9 Å². The Labute approximate surface area is 83.7 Å². The molecule has 1 heterocycles. The van der Waals surface area contributed by atoms with E-state index in [0.29, 0.717) is 5.75 Å². The molecule has 0 aliphatic carbocycles. The number of pyridine rings is 1. The normalized spacial score (nSPS) is 12.2. The quantitative estimate of drug-likeness (QED) is 0.881. The monoisotopic (exact) mass is 245 g/mol. The van der Waals surface area contributed by atoms with Crippen LogP contribution in [0.2, 0.25) is 0 Å². The van der Waals surface area contributed by atoms with Crippen molar-refractivity contribution in [1.29, 1.82) is 0 Å². The summed E-state index contributed by atoms with van der Waals surface area (Å²) in [5.41, 5.74) is 0. The van der Waals surface area contributed by atoms with E-state index in [2.05, 4.69) is 20.9 Å². The second kappa shape index (κ2) is 4.23. The molecule has 0 aliphatic heterocycles. The van der Waals surface area contributed by atoms with Crippen LogP contribution in [0, 0.1) is 0 Å². The van der Waals surface area contributed by atoms with Gasteiger partial charge in [0.05, 0.1) is 6.20 Å². The van der Waals surface area contributed by atoms with E-state index >= 15 is 0 Å². The molecule has 13 heavy (non-hydrogen) atoms. The number of carboxylic acid groups (broad SMARTS) is 1. The van der Waals surface area contributed by atoms with Gasteiger partial charge in [-0.05, 0) is 28.9 Å². The third kappa shape index (κ3) is 3.02. The van der Waals surface area contributed by atoms with Crippen LogP contribution in [0.15, 0.2) is 22.9 Å². The largest absolute Gasteiger partial charge is 0.479 e. The average Bonchev–Trinajstić information content (AvgIpc) is 2.04. The van der Waals surface area contributed by atoms with Crippen molar-refractivity contribution in [2.75, 3.05) is 0 Å². The number of aromatic nitrogens is 1. The fraction of sp³-hybridized carbons (Fsp3) is 0.250. The van der Waals surface area contributed by atoms with Crippen LogP contribution in [0.25, 0.3) is 0 Å². The first kappa shape index (κ1) is 9.98. The van der Waals surface area contributed by atoms with Crippen LogP contribution in [-0.2, 0) is 4.79 Å². The highest BCUT2D eigenvalue weighted by Crippen LogP contribution is 2.16. The minimum Gasteiger partial charge on any atom is -0.479 e. The molecule has 1 aromatic heterocycles. The first-order valence-electron chi connectivity index (χ1n) is 3.59. The van der Waals surface area contributed by atoms with Crippen LogP contribution in [0.1, 0.15) is 6.92 Å². The second-order valence-electron chi connectivity index (χ2n) is 2.44. The Morgan fingerprint density at radius 1 is 1.69 bits per heavy atom. The lowest BCUT2D eigenvalue weighted by molar-refractivity contribution is -0.144. The van der Waals surface area contributed by atoms with Gasteiger partial charge in [-0.15, -0.1) is 0 Å². The van der Waals surface area contributed by atoms with Gasteiger partial charge in [0, 0.05) is 10.7 Å². The van der Waals surface area contributed by atoms with Crippen molar-refractivity contribution in [2.45, 2.75) is 13.0 Å². The third-order valence-electron chi connectivity index (χ3n) is 1.34. The summed E-state index contributed by atoms with van der Waals surface area (Å²) in [6.07, 6.45) is 2.19. The zero-order valence-electron chi connectivity index (χ0n) is 6.90. The van der Waals surface area contributed by atoms with E-state index in [4.69, 9.17) is 9.84 Å². The Balaban J connectivity index is 2.69. The van der Waals surface area contributed by atoms with Crippen molar-refractivity contribution in [3.63, 3.8) is 0 Å². The Morgan fingerprint density at radius 3 is 2.92 bits per heavy atom. The van der Waals surface area contributed by atoms with Gasteiger partial charge in [0.2, 0.25) is 0 Å². The number of hydrogen-bond acceptors (Lipinski definition) is 3. The zero-order chi connectivity index (χ0) is 9.84. The molecule has 0 unspecified atom stereocenters. The fourth-order valence-electron chi connectivity index (χ4n) is 0.711. The number of rotatable bonds is 3. The molecule has 0 saturated heterocycles. The van der Waals surface area contributed by atoms with Gasteiger partial charge in [-0.3, -0.25) is 4.98 Å². The van der Waals surface area contributed by atoms with Crippen molar-refractivity contribution in [2.24, 2.45) is 0 Å². The summed E-state index contributed by atoms with van der Waals surface area (Å²) >= 11 is 3.20. The maximum absolute atomic E-state index is 10.4. The molecule has 1 aromatic rings. The number of carboxylic acids is 1. The topological polar surface area (TPSA) is 59.4 Å². The lowest BCUT2D eigenvalue weighted by atomic mass is 10.4. The second-order valence-corrected chi connectivity index (χ2v) is 3.35. The number of aliphatic carboxylic acids is 1. The minimum atomic E-state index is -1.00. The Morgan fingerprint density at radius 2 is 2.38 bits per heavy atom. The van der Waals surface area contributed by atoms with E-state index in [-0.39, 0.29) is 0 Å². The summed E-state index contributed by atoms with van der Waals surface area (Å²) in [6, 6.07) is 1.66. The molecule has 0 aliphatic rings. The Bertz CT molecular complexity index is 316. The molecule has 0 fully saturated rings. The number of ether oxygens (including phenoxy) is 1. The Kier molecular flexibility index (Phi) is 3.25.